The van der Waals surface area contributed by atoms with E-state index < -0.39 is 46.3 Å². The van der Waals surface area contributed by atoms with Gasteiger partial charge in [-0.15, -0.1) is 10.8 Å². The molecule has 2 aromatic carbocycles. The summed E-state index contributed by atoms with van der Waals surface area (Å²) < 4.78 is 79.9. The Balaban J connectivity index is 1.38. The van der Waals surface area contributed by atoms with Crippen LogP contribution in [-0.4, -0.2) is 66.1 Å². The number of piperazine rings is 1. The molecule has 1 unspecified atom stereocenters. The topological polar surface area (TPSA) is 129 Å². The van der Waals surface area contributed by atoms with Gasteiger partial charge in [0.05, 0.1) is 23.4 Å². The van der Waals surface area contributed by atoms with Crippen molar-refractivity contribution in [2.75, 3.05) is 24.2 Å². The molecule has 3 aromatic rings. The Hall–Kier alpha value is -2.72. The largest absolute Gasteiger partial charge is 0.433 e. The van der Waals surface area contributed by atoms with Crippen molar-refractivity contribution in [1.82, 2.24) is 19.4 Å². The van der Waals surface area contributed by atoms with Gasteiger partial charge in [0.15, 0.2) is 0 Å². The monoisotopic (exact) mass is 658 g/mol. The second-order valence-electron chi connectivity index (χ2n) is 11.3. The van der Waals surface area contributed by atoms with Gasteiger partial charge in [-0.1, -0.05) is 29.8 Å². The first-order valence-corrected chi connectivity index (χ1v) is 16.3. The van der Waals surface area contributed by atoms with E-state index in [1.165, 1.54) is 30.3 Å². The molecule has 2 bridgehead atoms. The second kappa shape index (κ2) is 12.9. The fraction of sp³-hybridized carbons (Fsp3) is 0.448. The molecule has 2 aliphatic heterocycles. The summed E-state index contributed by atoms with van der Waals surface area (Å²) in [6, 6.07) is 9.76. The molecule has 1 amide bonds. The van der Waals surface area contributed by atoms with Gasteiger partial charge in [-0.3, -0.25) is 18.6 Å². The molecule has 240 valence electrons. The molecular formula is C29H35ClF4N6O3S. The van der Waals surface area contributed by atoms with Gasteiger partial charge in [-0.25, -0.2) is 8.70 Å². The van der Waals surface area contributed by atoms with Crippen molar-refractivity contribution in [3.05, 3.63) is 81.9 Å². The Morgan fingerprint density at radius 3 is 2.66 bits per heavy atom. The van der Waals surface area contributed by atoms with Gasteiger partial charge >= 0.3 is 6.18 Å². The Morgan fingerprint density at radius 2 is 1.98 bits per heavy atom. The van der Waals surface area contributed by atoms with Crippen molar-refractivity contribution in [2.24, 2.45) is 12.8 Å². The molecule has 9 nitrogen and oxygen atoms in total. The molecule has 5 rings (SSSR count). The van der Waals surface area contributed by atoms with Gasteiger partial charge in [0.25, 0.3) is 0 Å². The standard InChI is InChI=1S/C29H35ClF4N6O3S/c1-39-25(29(32,33)34)14-24(38-39)26(17-7-9-18(30)10-8-17)27(35)28(41)37-23-6-2-5-22(31)21(23)12-11-20-15-36-19-4-3-13-44(42,43)40(20)16-19/h2,5-10,14,19-20,26-27,36,42-43H,3-4,11-13,15-16,35H2,1H3,(H,37,41)/t19-,20+,26+,27+/m1/s1. The van der Waals surface area contributed by atoms with Crippen LogP contribution in [0.15, 0.2) is 48.5 Å². The minimum Gasteiger partial charge on any atom is -0.324 e. The van der Waals surface area contributed by atoms with Crippen molar-refractivity contribution in [3.63, 3.8) is 0 Å². The number of nitrogens with two attached hydrogens (primary N) is 1. The van der Waals surface area contributed by atoms with Gasteiger partial charge in [0, 0.05) is 48.5 Å². The summed E-state index contributed by atoms with van der Waals surface area (Å²) in [5.74, 6) is -2.11. The lowest BCUT2D eigenvalue weighted by Crippen LogP contribution is -2.55. The highest BCUT2D eigenvalue weighted by atomic mass is 35.5. The van der Waals surface area contributed by atoms with Crippen molar-refractivity contribution >= 4 is 34.0 Å². The van der Waals surface area contributed by atoms with Crippen LogP contribution in [0.5, 0.6) is 0 Å². The van der Waals surface area contributed by atoms with E-state index in [-0.39, 0.29) is 41.2 Å². The number of fused-ring (bicyclic) bond motifs is 2. The third-order valence-electron chi connectivity index (χ3n) is 8.30. The van der Waals surface area contributed by atoms with E-state index in [1.807, 2.05) is 0 Å². The first-order chi connectivity index (χ1) is 20.7. The van der Waals surface area contributed by atoms with E-state index in [2.05, 4.69) is 15.7 Å². The number of halogens is 5. The summed E-state index contributed by atoms with van der Waals surface area (Å²) in [6.07, 6.45) is -2.58. The van der Waals surface area contributed by atoms with E-state index in [9.17, 15) is 27.1 Å². The maximum Gasteiger partial charge on any atom is 0.433 e. The van der Waals surface area contributed by atoms with Gasteiger partial charge < -0.3 is 16.4 Å². The number of alkyl halides is 3. The number of carbonyl (C=O) groups is 1. The summed E-state index contributed by atoms with van der Waals surface area (Å²) in [5, 5.41) is 10.5. The number of hydrogen-bond acceptors (Lipinski definition) is 7. The van der Waals surface area contributed by atoms with Gasteiger partial charge in [0.1, 0.15) is 11.5 Å². The second-order valence-corrected chi connectivity index (χ2v) is 13.8. The molecule has 2 saturated heterocycles. The third kappa shape index (κ3) is 7.06. The lowest BCUT2D eigenvalue weighted by molar-refractivity contribution is -0.143. The summed E-state index contributed by atoms with van der Waals surface area (Å²) in [4.78, 5) is 13.6. The van der Waals surface area contributed by atoms with Crippen molar-refractivity contribution < 1.29 is 31.5 Å². The third-order valence-corrected chi connectivity index (χ3v) is 10.6. The first-order valence-electron chi connectivity index (χ1n) is 14.2. The molecule has 6 N–H and O–H groups in total. The van der Waals surface area contributed by atoms with Crippen LogP contribution >= 0.6 is 22.4 Å². The molecule has 3 heterocycles. The number of nitrogens with one attached hydrogen (secondary N) is 2. The number of carbonyl (C=O) groups excluding carboxylic acids is 1. The molecular weight excluding hydrogens is 624 g/mol. The fourth-order valence-electron chi connectivity index (χ4n) is 6.02. The van der Waals surface area contributed by atoms with E-state index in [0.29, 0.717) is 41.2 Å². The zero-order chi connectivity index (χ0) is 31.8. The number of anilines is 1. The maximum atomic E-state index is 15.2. The molecule has 5 atom stereocenters. The van der Waals surface area contributed by atoms with Gasteiger partial charge in [0.2, 0.25) is 5.91 Å². The number of hydrogen-bond donors (Lipinski definition) is 5. The minimum atomic E-state index is -4.68. The van der Waals surface area contributed by atoms with E-state index in [1.54, 1.807) is 16.4 Å². The number of aromatic nitrogens is 2. The summed E-state index contributed by atoms with van der Waals surface area (Å²) in [5.41, 5.74) is 6.15. The minimum absolute atomic E-state index is 0.0659. The van der Waals surface area contributed by atoms with Crippen LogP contribution in [0.2, 0.25) is 5.02 Å². The fourth-order valence-corrected chi connectivity index (χ4v) is 8.01. The van der Waals surface area contributed by atoms with Crippen molar-refractivity contribution in [1.29, 1.82) is 0 Å². The smallest absolute Gasteiger partial charge is 0.324 e. The SMILES string of the molecule is Cn1nc([C@H](c2ccc(Cl)cc2)[C@H](N)C(=O)Nc2cccc(F)c2CC[C@H]2CN[C@@H]3CCCS(O)(O)N2C3)cc1C(F)(F)F. The molecule has 0 aliphatic carbocycles. The molecule has 0 spiro atoms. The number of benzene rings is 2. The molecule has 15 heteroatoms. The number of rotatable bonds is 8. The predicted molar refractivity (Wildman–Crippen MR) is 162 cm³/mol. The highest BCUT2D eigenvalue weighted by Crippen LogP contribution is 2.49. The van der Waals surface area contributed by atoms with E-state index >= 15 is 4.39 Å². The van der Waals surface area contributed by atoms with Gasteiger partial charge in [-0.05, 0) is 61.6 Å². The number of aryl methyl sites for hydroxylation is 1. The quantitative estimate of drug-likeness (QED) is 0.206. The molecule has 0 radical (unpaired) electrons. The molecule has 2 fully saturated rings. The lowest BCUT2D eigenvalue weighted by Gasteiger charge is -2.49. The van der Waals surface area contributed by atoms with E-state index in [0.717, 1.165) is 19.5 Å². The maximum absolute atomic E-state index is 15.2. The average molecular weight is 659 g/mol. The van der Waals surface area contributed by atoms with Crippen LogP contribution in [0.1, 0.15) is 47.7 Å². The number of nitrogens with zero attached hydrogens (tertiary/aromatic N) is 3. The summed E-state index contributed by atoms with van der Waals surface area (Å²) in [6.45, 7) is 0.993. The zero-order valence-electron chi connectivity index (χ0n) is 23.9. The summed E-state index contributed by atoms with van der Waals surface area (Å²) in [7, 11) is -1.79. The Labute approximate surface area is 259 Å². The highest BCUT2D eigenvalue weighted by Gasteiger charge is 2.39. The number of amides is 1. The molecule has 44 heavy (non-hydrogen) atoms. The van der Waals surface area contributed by atoms with Crippen LogP contribution in [-0.2, 0) is 24.4 Å². The molecule has 0 saturated carbocycles. The normalized spacial score (nSPS) is 23.8. The van der Waals surface area contributed by atoms with Gasteiger partial charge in [-0.2, -0.15) is 18.3 Å². The van der Waals surface area contributed by atoms with Crippen molar-refractivity contribution in [3.8, 4) is 0 Å². The van der Waals surface area contributed by atoms with E-state index in [4.69, 9.17) is 17.3 Å². The Kier molecular flexibility index (Phi) is 9.61. The Bertz CT molecular complexity index is 1490. The highest BCUT2D eigenvalue weighted by molar-refractivity contribution is 8.22. The lowest BCUT2D eigenvalue weighted by atomic mass is 9.88. The van der Waals surface area contributed by atoms with Crippen LogP contribution in [0, 0.1) is 5.82 Å². The van der Waals surface area contributed by atoms with Crippen LogP contribution < -0.4 is 16.4 Å². The predicted octanol–water partition coefficient (Wildman–Crippen LogP) is 5.36. The first kappa shape index (κ1) is 32.7. The van der Waals surface area contributed by atoms with Crippen molar-refractivity contribution in [2.45, 2.75) is 55.9 Å². The Morgan fingerprint density at radius 1 is 1.25 bits per heavy atom. The molecule has 1 aromatic heterocycles. The zero-order valence-corrected chi connectivity index (χ0v) is 25.5. The average Bonchev–Trinajstić information content (AvgIpc) is 3.30. The van der Waals surface area contributed by atoms with Crippen LogP contribution in [0.25, 0.3) is 0 Å². The van der Waals surface area contributed by atoms with Crippen LogP contribution in [0.4, 0.5) is 23.2 Å². The van der Waals surface area contributed by atoms with Crippen LogP contribution in [0.3, 0.4) is 0 Å². The molecule has 2 aliphatic rings. The summed E-state index contributed by atoms with van der Waals surface area (Å²) >= 11 is 6.02.